The lowest BCUT2D eigenvalue weighted by molar-refractivity contribution is -0.136. The first-order chi connectivity index (χ1) is 14.5. The predicted octanol–water partition coefficient (Wildman–Crippen LogP) is 2.22. The molecule has 8 nitrogen and oxygen atoms in total. The largest absolute Gasteiger partial charge is 0.340 e. The normalized spacial score (nSPS) is 16.7. The highest BCUT2D eigenvalue weighted by atomic mass is 16.2. The molecule has 0 bridgehead atoms. The number of piperidine rings is 1. The summed E-state index contributed by atoms with van der Waals surface area (Å²) in [6.07, 6.45) is 6.75. The van der Waals surface area contributed by atoms with Crippen molar-refractivity contribution in [3.8, 4) is 11.3 Å². The Kier molecular flexibility index (Phi) is 5.65. The monoisotopic (exact) mass is 406 g/mol. The molecule has 0 radical (unpaired) electrons. The Bertz CT molecular complexity index is 1040. The summed E-state index contributed by atoms with van der Waals surface area (Å²) < 4.78 is 3.40. The van der Waals surface area contributed by atoms with Gasteiger partial charge in [0, 0.05) is 44.6 Å². The zero-order valence-electron chi connectivity index (χ0n) is 17.3. The van der Waals surface area contributed by atoms with E-state index in [9.17, 15) is 9.59 Å². The summed E-state index contributed by atoms with van der Waals surface area (Å²) in [7, 11) is 1.78. The molecule has 3 heterocycles. The maximum absolute atomic E-state index is 13.0. The lowest BCUT2D eigenvalue weighted by Crippen LogP contribution is -2.51. The Hall–Kier alpha value is -3.42. The van der Waals surface area contributed by atoms with Crippen LogP contribution in [0.2, 0.25) is 0 Å². The van der Waals surface area contributed by atoms with Crippen LogP contribution in [-0.2, 0) is 24.9 Å². The Morgan fingerprint density at radius 1 is 1.23 bits per heavy atom. The van der Waals surface area contributed by atoms with E-state index in [0.29, 0.717) is 30.8 Å². The maximum atomic E-state index is 13.0. The molecule has 1 saturated heterocycles. The predicted molar refractivity (Wildman–Crippen MR) is 112 cm³/mol. The van der Waals surface area contributed by atoms with E-state index in [4.69, 9.17) is 0 Å². The van der Waals surface area contributed by atoms with Gasteiger partial charge >= 0.3 is 0 Å². The number of aromatic nitrogens is 4. The van der Waals surface area contributed by atoms with Crippen LogP contribution in [0.25, 0.3) is 11.3 Å². The molecule has 1 aliphatic rings. The van der Waals surface area contributed by atoms with Gasteiger partial charge in [-0.1, -0.05) is 30.3 Å². The first kappa shape index (κ1) is 19.9. The van der Waals surface area contributed by atoms with Crippen molar-refractivity contribution in [3.63, 3.8) is 0 Å². The maximum Gasteiger partial charge on any atom is 0.255 e. The number of carbonyl (C=O) groups excluding carboxylic acids is 2. The summed E-state index contributed by atoms with van der Waals surface area (Å²) in [6, 6.07) is 9.38. The topological polar surface area (TPSA) is 85.0 Å². The molecule has 2 aromatic heterocycles. The van der Waals surface area contributed by atoms with Crippen molar-refractivity contribution in [1.29, 1.82) is 0 Å². The Morgan fingerprint density at radius 2 is 2.03 bits per heavy atom. The fourth-order valence-electron chi connectivity index (χ4n) is 3.80. The summed E-state index contributed by atoms with van der Waals surface area (Å²) in [5.74, 6) is -0.329. The fourth-order valence-corrected chi connectivity index (χ4v) is 3.80. The number of likely N-dealkylation sites (tertiary alicyclic amines) is 1. The molecule has 2 amide bonds. The molecule has 0 saturated carbocycles. The van der Waals surface area contributed by atoms with Gasteiger partial charge in [-0.05, 0) is 25.3 Å². The van der Waals surface area contributed by atoms with E-state index in [-0.39, 0.29) is 11.8 Å². The molecule has 30 heavy (non-hydrogen) atoms. The van der Waals surface area contributed by atoms with Crippen molar-refractivity contribution in [3.05, 3.63) is 60.0 Å². The van der Waals surface area contributed by atoms with E-state index >= 15 is 0 Å². The van der Waals surface area contributed by atoms with Gasteiger partial charge in [0.05, 0.1) is 11.8 Å². The SMILES string of the molecule is CCn1cc(-c2nn(C)cc2C(=O)NC2CCCN(Cc3ccccc3)C2=O)cn1. The molecular formula is C22H26N6O2. The number of hydrogen-bond acceptors (Lipinski definition) is 4. The van der Waals surface area contributed by atoms with Gasteiger partial charge < -0.3 is 10.2 Å². The first-order valence-corrected chi connectivity index (χ1v) is 10.2. The molecule has 156 valence electrons. The van der Waals surface area contributed by atoms with Gasteiger partial charge in [0.15, 0.2) is 0 Å². The molecule has 1 N–H and O–H groups in total. The lowest BCUT2D eigenvalue weighted by Gasteiger charge is -2.32. The molecule has 1 unspecified atom stereocenters. The van der Waals surface area contributed by atoms with Crippen LogP contribution in [0.15, 0.2) is 48.9 Å². The molecule has 1 aromatic carbocycles. The minimum Gasteiger partial charge on any atom is -0.340 e. The molecule has 3 aromatic rings. The Balaban J connectivity index is 1.49. The average molecular weight is 406 g/mol. The van der Waals surface area contributed by atoms with E-state index in [2.05, 4.69) is 15.5 Å². The van der Waals surface area contributed by atoms with Crippen molar-refractivity contribution < 1.29 is 9.59 Å². The van der Waals surface area contributed by atoms with Gasteiger partial charge in [-0.3, -0.25) is 19.0 Å². The summed E-state index contributed by atoms with van der Waals surface area (Å²) >= 11 is 0. The number of rotatable bonds is 6. The van der Waals surface area contributed by atoms with E-state index in [0.717, 1.165) is 24.1 Å². The number of benzene rings is 1. The number of nitrogens with zero attached hydrogens (tertiary/aromatic N) is 5. The van der Waals surface area contributed by atoms with Crippen molar-refractivity contribution >= 4 is 11.8 Å². The summed E-state index contributed by atoms with van der Waals surface area (Å²) in [6.45, 7) is 4.00. The van der Waals surface area contributed by atoms with Crippen LogP contribution < -0.4 is 5.32 Å². The van der Waals surface area contributed by atoms with Crippen LogP contribution in [0, 0.1) is 0 Å². The lowest BCUT2D eigenvalue weighted by atomic mass is 10.0. The number of nitrogens with one attached hydrogen (secondary N) is 1. The standard InChI is InChI=1S/C22H26N6O2/c1-3-28-14-17(12-23-28)20-18(15-26(2)25-20)21(29)24-19-10-7-11-27(22(19)30)13-16-8-5-4-6-9-16/h4-6,8-9,12,14-15,19H,3,7,10-11,13H2,1-2H3,(H,24,29). The van der Waals surface area contributed by atoms with Crippen LogP contribution in [0.5, 0.6) is 0 Å². The molecule has 4 rings (SSSR count). The van der Waals surface area contributed by atoms with Gasteiger partial charge in [-0.15, -0.1) is 0 Å². The average Bonchev–Trinajstić information content (AvgIpc) is 3.38. The fraction of sp³-hybridized carbons (Fsp3) is 0.364. The Morgan fingerprint density at radius 3 is 2.77 bits per heavy atom. The van der Waals surface area contributed by atoms with E-state index in [1.54, 1.807) is 28.8 Å². The van der Waals surface area contributed by atoms with E-state index in [1.807, 2.05) is 48.4 Å². The number of amides is 2. The highest BCUT2D eigenvalue weighted by Gasteiger charge is 2.31. The second-order valence-corrected chi connectivity index (χ2v) is 7.56. The summed E-state index contributed by atoms with van der Waals surface area (Å²) in [4.78, 5) is 27.8. The minimum atomic E-state index is -0.526. The molecule has 1 aliphatic heterocycles. The molecular weight excluding hydrogens is 380 g/mol. The van der Waals surface area contributed by atoms with Gasteiger partial charge in [0.2, 0.25) is 5.91 Å². The zero-order valence-corrected chi connectivity index (χ0v) is 17.3. The molecule has 1 atom stereocenters. The quantitative estimate of drug-likeness (QED) is 0.680. The first-order valence-electron chi connectivity index (χ1n) is 10.2. The third-order valence-electron chi connectivity index (χ3n) is 5.36. The highest BCUT2D eigenvalue weighted by molar-refractivity contribution is 6.02. The summed E-state index contributed by atoms with van der Waals surface area (Å²) in [5, 5.41) is 11.6. The van der Waals surface area contributed by atoms with Crippen molar-refractivity contribution in [1.82, 2.24) is 29.8 Å². The van der Waals surface area contributed by atoms with Crippen LogP contribution in [0.4, 0.5) is 0 Å². The molecule has 1 fully saturated rings. The third kappa shape index (κ3) is 4.12. The second kappa shape index (κ2) is 8.52. The van der Waals surface area contributed by atoms with E-state index < -0.39 is 6.04 Å². The van der Waals surface area contributed by atoms with Crippen LogP contribution in [0.1, 0.15) is 35.7 Å². The van der Waals surface area contributed by atoms with Crippen LogP contribution in [-0.4, -0.2) is 48.9 Å². The highest BCUT2D eigenvalue weighted by Crippen LogP contribution is 2.22. The van der Waals surface area contributed by atoms with Gasteiger partial charge in [-0.2, -0.15) is 10.2 Å². The molecule has 0 spiro atoms. The zero-order chi connectivity index (χ0) is 21.1. The van der Waals surface area contributed by atoms with Gasteiger partial charge in [-0.25, -0.2) is 0 Å². The molecule has 8 heteroatoms. The minimum absolute atomic E-state index is 0.0392. The number of hydrogen-bond donors (Lipinski definition) is 1. The number of aryl methyl sites for hydroxylation is 2. The van der Waals surface area contributed by atoms with Gasteiger partial charge in [0.25, 0.3) is 5.91 Å². The smallest absolute Gasteiger partial charge is 0.255 e. The molecule has 0 aliphatic carbocycles. The van der Waals surface area contributed by atoms with Crippen LogP contribution in [0.3, 0.4) is 0 Å². The van der Waals surface area contributed by atoms with E-state index in [1.165, 1.54) is 0 Å². The second-order valence-electron chi connectivity index (χ2n) is 7.56. The van der Waals surface area contributed by atoms with Crippen molar-refractivity contribution in [2.45, 2.75) is 38.9 Å². The van der Waals surface area contributed by atoms with Crippen LogP contribution >= 0.6 is 0 Å². The van der Waals surface area contributed by atoms with Crippen molar-refractivity contribution in [2.75, 3.05) is 6.54 Å². The summed E-state index contributed by atoms with van der Waals surface area (Å²) in [5.41, 5.74) is 2.88. The van der Waals surface area contributed by atoms with Crippen molar-refractivity contribution in [2.24, 2.45) is 7.05 Å². The number of carbonyl (C=O) groups is 2. The Labute approximate surface area is 175 Å². The third-order valence-corrected chi connectivity index (χ3v) is 5.36. The van der Waals surface area contributed by atoms with Gasteiger partial charge in [0.1, 0.15) is 11.7 Å².